The number of nitrogens with one attached hydrogen (secondary N) is 1. The van der Waals surface area contributed by atoms with Crippen molar-refractivity contribution in [2.24, 2.45) is 0 Å². The SMILES string of the molecule is C=C/C=C\C(Cl)=C/N(C)C(C(=O)NCC/C=C(\C)F)=C(CC)CC. The van der Waals surface area contributed by atoms with Crippen molar-refractivity contribution in [3.63, 3.8) is 0 Å². The Morgan fingerprint density at radius 3 is 2.46 bits per heavy atom. The number of carbonyl (C=O) groups is 1. The van der Waals surface area contributed by atoms with E-state index in [0.717, 1.165) is 18.4 Å². The quantitative estimate of drug-likeness (QED) is 0.332. The minimum Gasteiger partial charge on any atom is -0.350 e. The van der Waals surface area contributed by atoms with Gasteiger partial charge >= 0.3 is 0 Å². The van der Waals surface area contributed by atoms with Crippen LogP contribution in [0.2, 0.25) is 0 Å². The van der Waals surface area contributed by atoms with Crippen LogP contribution in [0.5, 0.6) is 0 Å². The van der Waals surface area contributed by atoms with Gasteiger partial charge < -0.3 is 10.2 Å². The fraction of sp³-hybridized carbons (Fsp3) is 0.421. The van der Waals surface area contributed by atoms with E-state index in [1.165, 1.54) is 13.0 Å². The van der Waals surface area contributed by atoms with Gasteiger partial charge in [0.05, 0.1) is 10.9 Å². The maximum Gasteiger partial charge on any atom is 0.267 e. The third kappa shape index (κ3) is 8.73. The van der Waals surface area contributed by atoms with Crippen LogP contribution in [-0.2, 0) is 4.79 Å². The average Bonchev–Trinajstić information content (AvgIpc) is 2.53. The maximum absolute atomic E-state index is 12.7. The summed E-state index contributed by atoms with van der Waals surface area (Å²) in [4.78, 5) is 14.3. The first-order chi connectivity index (χ1) is 11.4. The zero-order valence-corrected chi connectivity index (χ0v) is 15.8. The normalized spacial score (nSPS) is 12.2. The molecule has 0 saturated heterocycles. The molecule has 0 aromatic heterocycles. The first kappa shape index (κ1) is 22.2. The monoisotopic (exact) mass is 354 g/mol. The van der Waals surface area contributed by atoms with E-state index in [-0.39, 0.29) is 11.7 Å². The molecule has 0 unspecified atom stereocenters. The van der Waals surface area contributed by atoms with Crippen LogP contribution >= 0.6 is 11.6 Å². The highest BCUT2D eigenvalue weighted by Gasteiger charge is 2.17. The zero-order valence-electron chi connectivity index (χ0n) is 15.0. The Bertz CT molecular complexity index is 538. The molecule has 0 bridgehead atoms. The van der Waals surface area contributed by atoms with Crippen molar-refractivity contribution < 1.29 is 9.18 Å². The van der Waals surface area contributed by atoms with Crippen molar-refractivity contribution in [3.8, 4) is 0 Å². The molecule has 3 nitrogen and oxygen atoms in total. The highest BCUT2D eigenvalue weighted by atomic mass is 35.5. The largest absolute Gasteiger partial charge is 0.350 e. The first-order valence-corrected chi connectivity index (χ1v) is 8.46. The molecular formula is C19H28ClFN2O. The van der Waals surface area contributed by atoms with Crippen LogP contribution < -0.4 is 5.32 Å². The lowest BCUT2D eigenvalue weighted by Gasteiger charge is -2.22. The molecule has 0 aliphatic heterocycles. The van der Waals surface area contributed by atoms with Crippen LogP contribution in [0.25, 0.3) is 0 Å². The molecule has 0 aromatic carbocycles. The lowest BCUT2D eigenvalue weighted by atomic mass is 10.1. The molecule has 0 fully saturated rings. The summed E-state index contributed by atoms with van der Waals surface area (Å²) < 4.78 is 12.7. The summed E-state index contributed by atoms with van der Waals surface area (Å²) in [6.45, 7) is 9.38. The van der Waals surface area contributed by atoms with Gasteiger partial charge in [0.1, 0.15) is 5.70 Å². The predicted octanol–water partition coefficient (Wildman–Crippen LogP) is 5.19. The molecule has 134 valence electrons. The second kappa shape index (κ2) is 12.6. The summed E-state index contributed by atoms with van der Waals surface area (Å²) in [6, 6.07) is 0. The minimum atomic E-state index is -0.247. The predicted molar refractivity (Wildman–Crippen MR) is 101 cm³/mol. The standard InChI is InChI=1S/C19H28ClFN2O/c1-6-9-12-17(20)14-23(5)18(16(7-2)8-3)19(24)22-13-10-11-15(4)21/h6,9,11-12,14H,1,7-8,10,13H2,2-5H3,(H,22,24)/b12-9-,15-11+,17-14+. The lowest BCUT2D eigenvalue weighted by molar-refractivity contribution is -0.118. The summed E-state index contributed by atoms with van der Waals surface area (Å²) in [6.07, 6.45) is 10.2. The smallest absolute Gasteiger partial charge is 0.267 e. The van der Waals surface area contributed by atoms with Crippen molar-refractivity contribution in [3.05, 3.63) is 59.2 Å². The number of halogens is 2. The molecule has 0 aliphatic carbocycles. The Morgan fingerprint density at radius 2 is 1.96 bits per heavy atom. The number of allylic oxidation sites excluding steroid dienone is 6. The summed E-state index contributed by atoms with van der Waals surface area (Å²) >= 11 is 6.14. The maximum atomic E-state index is 12.7. The van der Waals surface area contributed by atoms with E-state index >= 15 is 0 Å². The third-order valence-electron chi connectivity index (χ3n) is 3.32. The van der Waals surface area contributed by atoms with Gasteiger partial charge in [0.2, 0.25) is 0 Å². The van der Waals surface area contributed by atoms with Crippen LogP contribution in [-0.4, -0.2) is 24.4 Å². The van der Waals surface area contributed by atoms with Gasteiger partial charge in [-0.15, -0.1) is 0 Å². The minimum absolute atomic E-state index is 0.186. The molecule has 1 amide bonds. The molecule has 24 heavy (non-hydrogen) atoms. The van der Waals surface area contributed by atoms with E-state index in [2.05, 4.69) is 11.9 Å². The summed E-state index contributed by atoms with van der Waals surface area (Å²) in [5, 5.41) is 3.32. The van der Waals surface area contributed by atoms with E-state index in [0.29, 0.717) is 23.7 Å². The van der Waals surface area contributed by atoms with Gasteiger partial charge in [0.15, 0.2) is 0 Å². The molecule has 0 saturated carbocycles. The fourth-order valence-corrected chi connectivity index (χ4v) is 2.37. The van der Waals surface area contributed by atoms with Gasteiger partial charge in [-0.3, -0.25) is 4.79 Å². The Hall–Kier alpha value is -1.81. The van der Waals surface area contributed by atoms with Crippen molar-refractivity contribution in [1.82, 2.24) is 10.2 Å². The first-order valence-electron chi connectivity index (χ1n) is 8.09. The van der Waals surface area contributed by atoms with Crippen molar-refractivity contribution in [1.29, 1.82) is 0 Å². The van der Waals surface area contributed by atoms with Gasteiger partial charge in [0.25, 0.3) is 5.91 Å². The Kier molecular flexibility index (Phi) is 11.6. The summed E-state index contributed by atoms with van der Waals surface area (Å²) in [5.41, 5.74) is 1.60. The second-order valence-electron chi connectivity index (χ2n) is 5.21. The van der Waals surface area contributed by atoms with Crippen LogP contribution in [0, 0.1) is 0 Å². The number of amides is 1. The molecule has 0 rings (SSSR count). The number of likely N-dealkylation sites (N-methyl/N-ethyl adjacent to an activating group) is 1. The van der Waals surface area contributed by atoms with E-state index in [9.17, 15) is 9.18 Å². The Balaban J connectivity index is 5.29. The molecule has 0 aromatic rings. The fourth-order valence-electron chi connectivity index (χ4n) is 2.15. The number of hydrogen-bond acceptors (Lipinski definition) is 2. The Morgan fingerprint density at radius 1 is 1.33 bits per heavy atom. The van der Waals surface area contributed by atoms with Crippen LogP contribution in [0.1, 0.15) is 40.0 Å². The molecule has 5 heteroatoms. The molecule has 1 N–H and O–H groups in total. The van der Waals surface area contributed by atoms with Crippen LogP contribution in [0.4, 0.5) is 4.39 Å². The van der Waals surface area contributed by atoms with Gasteiger partial charge in [0, 0.05) is 19.8 Å². The second-order valence-corrected chi connectivity index (χ2v) is 5.65. The Labute approximate surface area is 150 Å². The van der Waals surface area contributed by atoms with E-state index in [4.69, 9.17) is 11.6 Å². The number of rotatable bonds is 10. The number of carbonyl (C=O) groups excluding carboxylic acids is 1. The summed E-state index contributed by atoms with van der Waals surface area (Å²) in [7, 11) is 1.79. The molecule has 0 radical (unpaired) electrons. The number of hydrogen-bond donors (Lipinski definition) is 1. The zero-order chi connectivity index (χ0) is 18.5. The molecule has 0 atom stereocenters. The lowest BCUT2D eigenvalue weighted by Crippen LogP contribution is -2.32. The average molecular weight is 355 g/mol. The van der Waals surface area contributed by atoms with E-state index in [1.807, 2.05) is 13.8 Å². The highest BCUT2D eigenvalue weighted by Crippen LogP contribution is 2.18. The molecule has 0 aliphatic rings. The van der Waals surface area contributed by atoms with Gasteiger partial charge in [-0.2, -0.15) is 0 Å². The van der Waals surface area contributed by atoms with E-state index < -0.39 is 0 Å². The molecule has 0 spiro atoms. The van der Waals surface area contributed by atoms with Gasteiger partial charge in [-0.25, -0.2) is 4.39 Å². The van der Waals surface area contributed by atoms with Crippen molar-refractivity contribution in [2.45, 2.75) is 40.0 Å². The van der Waals surface area contributed by atoms with Gasteiger partial charge in [-0.05, 0) is 37.8 Å². The molecule has 0 heterocycles. The van der Waals surface area contributed by atoms with Crippen molar-refractivity contribution in [2.75, 3.05) is 13.6 Å². The highest BCUT2D eigenvalue weighted by molar-refractivity contribution is 6.31. The summed E-state index contributed by atoms with van der Waals surface area (Å²) in [5.74, 6) is -0.432. The van der Waals surface area contributed by atoms with E-state index in [1.54, 1.807) is 36.4 Å². The van der Waals surface area contributed by atoms with Crippen LogP contribution in [0.15, 0.2) is 59.2 Å². The number of nitrogens with zero attached hydrogens (tertiary/aromatic N) is 1. The topological polar surface area (TPSA) is 32.3 Å². The van der Waals surface area contributed by atoms with Crippen LogP contribution in [0.3, 0.4) is 0 Å². The van der Waals surface area contributed by atoms with Crippen molar-refractivity contribution >= 4 is 17.5 Å². The van der Waals surface area contributed by atoms with Gasteiger partial charge in [-0.1, -0.05) is 50.3 Å². The third-order valence-corrected chi connectivity index (χ3v) is 3.54. The molecular weight excluding hydrogens is 327 g/mol.